The molecule has 2 aromatic heterocycles. The summed E-state index contributed by atoms with van der Waals surface area (Å²) >= 11 is 0. The molecule has 0 amide bonds. The van der Waals surface area contributed by atoms with Gasteiger partial charge in [0, 0.05) is 27.5 Å². The minimum absolute atomic E-state index is 0.471. The third-order valence-corrected chi connectivity index (χ3v) is 8.33. The normalized spacial score (nSPS) is 10.9. The highest BCUT2D eigenvalue weighted by Gasteiger charge is 2.20. The largest absolute Gasteiger partial charge is 0.308 e. The number of para-hydroxylation sites is 1. The first-order chi connectivity index (χ1) is 23.2. The Hall–Kier alpha value is -6.89. The Morgan fingerprint density at radius 2 is 0.979 bits per heavy atom. The van der Waals surface area contributed by atoms with Gasteiger partial charge in [-0.25, -0.2) is 15.0 Å². The topological polar surface area (TPSA) is 91.2 Å². The first kappa shape index (κ1) is 27.6. The number of rotatable bonds is 5. The fourth-order valence-corrected chi connectivity index (χ4v) is 6.06. The molecule has 0 aliphatic carbocycles. The molecule has 8 aromatic rings. The fourth-order valence-electron chi connectivity index (χ4n) is 6.06. The average molecular weight is 601 g/mol. The van der Waals surface area contributed by atoms with Gasteiger partial charge in [0.2, 0.25) is 0 Å². The predicted octanol–water partition coefficient (Wildman–Crippen LogP) is 9.38. The van der Waals surface area contributed by atoms with Crippen LogP contribution < -0.4 is 0 Å². The molecule has 6 heteroatoms. The van der Waals surface area contributed by atoms with Gasteiger partial charge in [-0.3, -0.25) is 0 Å². The van der Waals surface area contributed by atoms with E-state index < -0.39 is 0 Å². The smallest absolute Gasteiger partial charge is 0.166 e. The zero-order chi connectivity index (χ0) is 31.7. The van der Waals surface area contributed by atoms with Crippen LogP contribution in [0.3, 0.4) is 0 Å². The molecular weight excluding hydrogens is 576 g/mol. The zero-order valence-corrected chi connectivity index (χ0v) is 25.0. The van der Waals surface area contributed by atoms with E-state index in [1.807, 2.05) is 115 Å². The molecule has 0 unspecified atom stereocenters. The molecule has 47 heavy (non-hydrogen) atoms. The van der Waals surface area contributed by atoms with Crippen LogP contribution in [0.15, 0.2) is 146 Å². The van der Waals surface area contributed by atoms with Crippen LogP contribution >= 0.6 is 0 Å². The highest BCUT2D eigenvalue weighted by atomic mass is 15.1. The van der Waals surface area contributed by atoms with Crippen molar-refractivity contribution in [2.75, 3.05) is 0 Å². The maximum atomic E-state index is 10.0. The number of aromatic nitrogens is 4. The van der Waals surface area contributed by atoms with Crippen molar-refractivity contribution in [2.45, 2.75) is 0 Å². The van der Waals surface area contributed by atoms with Crippen LogP contribution in [-0.4, -0.2) is 19.5 Å². The lowest BCUT2D eigenvalue weighted by Crippen LogP contribution is -2.04. The van der Waals surface area contributed by atoms with Crippen LogP contribution in [0.1, 0.15) is 11.1 Å². The van der Waals surface area contributed by atoms with E-state index in [0.717, 1.165) is 49.7 Å². The minimum Gasteiger partial charge on any atom is -0.308 e. The van der Waals surface area contributed by atoms with Crippen LogP contribution in [0.4, 0.5) is 0 Å². The van der Waals surface area contributed by atoms with Gasteiger partial charge in [-0.2, -0.15) is 10.5 Å². The number of nitrogens with zero attached hydrogens (tertiary/aromatic N) is 6. The van der Waals surface area contributed by atoms with Gasteiger partial charge in [0.1, 0.15) is 0 Å². The van der Waals surface area contributed by atoms with E-state index in [4.69, 9.17) is 15.0 Å². The molecule has 0 bridgehead atoms. The van der Waals surface area contributed by atoms with Crippen LogP contribution in [-0.2, 0) is 0 Å². The lowest BCUT2D eigenvalue weighted by Gasteiger charge is -2.15. The van der Waals surface area contributed by atoms with Gasteiger partial charge < -0.3 is 4.57 Å². The Morgan fingerprint density at radius 1 is 0.426 bits per heavy atom. The first-order valence-corrected chi connectivity index (χ1v) is 15.2. The van der Waals surface area contributed by atoms with E-state index >= 15 is 0 Å². The third-order valence-electron chi connectivity index (χ3n) is 8.33. The second-order valence-corrected chi connectivity index (χ2v) is 11.2. The fraction of sp³-hybridized carbons (Fsp3) is 0. The van der Waals surface area contributed by atoms with Crippen LogP contribution in [0.25, 0.3) is 72.8 Å². The standard InChI is InChI=1S/C41H24N6/c42-25-27-15-18-29(19-16-27)32-20-21-34-33-13-7-8-14-36(33)47(38(34)24-32)37-22-17-28(26-43)23-35(37)41-45-39(30-9-3-1-4-10-30)44-40(46-41)31-11-5-2-6-12-31/h1-24H. The molecule has 6 nitrogen and oxygen atoms in total. The molecular formula is C41H24N6. The van der Waals surface area contributed by atoms with Gasteiger partial charge in [-0.1, -0.05) is 103 Å². The molecule has 218 valence electrons. The average Bonchev–Trinajstić information content (AvgIpc) is 3.48. The van der Waals surface area contributed by atoms with Crippen molar-refractivity contribution in [1.29, 1.82) is 10.5 Å². The summed E-state index contributed by atoms with van der Waals surface area (Å²) in [5.41, 5.74) is 8.48. The number of nitriles is 2. The molecule has 0 atom stereocenters. The monoisotopic (exact) mass is 600 g/mol. The van der Waals surface area contributed by atoms with E-state index in [2.05, 4.69) is 47.0 Å². The molecule has 0 spiro atoms. The van der Waals surface area contributed by atoms with Crippen molar-refractivity contribution in [3.8, 4) is 63.1 Å². The van der Waals surface area contributed by atoms with Gasteiger partial charge in [-0.15, -0.1) is 0 Å². The SMILES string of the molecule is N#Cc1ccc(-c2ccc3c4ccccc4n(-c4ccc(C#N)cc4-c4nc(-c5ccccc5)nc(-c5ccccc5)n4)c3c2)cc1. The van der Waals surface area contributed by atoms with E-state index in [1.165, 1.54) is 0 Å². The quantitative estimate of drug-likeness (QED) is 0.196. The van der Waals surface area contributed by atoms with Gasteiger partial charge in [0.05, 0.1) is 40.0 Å². The van der Waals surface area contributed by atoms with Crippen LogP contribution in [0.5, 0.6) is 0 Å². The number of benzene rings is 6. The number of hydrogen-bond acceptors (Lipinski definition) is 5. The van der Waals surface area contributed by atoms with E-state index in [-0.39, 0.29) is 0 Å². The molecule has 0 fully saturated rings. The van der Waals surface area contributed by atoms with E-state index in [1.54, 1.807) is 0 Å². The molecule has 6 aromatic carbocycles. The predicted molar refractivity (Wildman–Crippen MR) is 185 cm³/mol. The van der Waals surface area contributed by atoms with Crippen molar-refractivity contribution in [3.05, 3.63) is 157 Å². The van der Waals surface area contributed by atoms with Gasteiger partial charge in [-0.05, 0) is 53.6 Å². The number of fused-ring (bicyclic) bond motifs is 3. The summed E-state index contributed by atoms with van der Waals surface area (Å²) in [6.07, 6.45) is 0. The zero-order valence-electron chi connectivity index (χ0n) is 25.0. The summed E-state index contributed by atoms with van der Waals surface area (Å²) in [6.45, 7) is 0. The Balaban J connectivity index is 1.41. The summed E-state index contributed by atoms with van der Waals surface area (Å²) < 4.78 is 2.22. The molecule has 8 rings (SSSR count). The molecule has 0 saturated carbocycles. The Bertz CT molecular complexity index is 2460. The lowest BCUT2D eigenvalue weighted by atomic mass is 10.0. The maximum Gasteiger partial charge on any atom is 0.166 e. The van der Waals surface area contributed by atoms with Gasteiger partial charge in [0.25, 0.3) is 0 Å². The van der Waals surface area contributed by atoms with Gasteiger partial charge >= 0.3 is 0 Å². The molecule has 0 aliphatic heterocycles. The van der Waals surface area contributed by atoms with Crippen LogP contribution in [0.2, 0.25) is 0 Å². The molecule has 0 radical (unpaired) electrons. The molecule has 0 N–H and O–H groups in total. The molecule has 0 aliphatic rings. The summed E-state index contributed by atoms with van der Waals surface area (Å²) in [6, 6.07) is 52.3. The Kier molecular flexibility index (Phi) is 6.80. The summed E-state index contributed by atoms with van der Waals surface area (Å²) in [5, 5.41) is 21.5. The highest BCUT2D eigenvalue weighted by Crippen LogP contribution is 2.38. The number of hydrogen-bond donors (Lipinski definition) is 0. The van der Waals surface area contributed by atoms with Gasteiger partial charge in [0.15, 0.2) is 17.5 Å². The second kappa shape index (κ2) is 11.6. The first-order valence-electron chi connectivity index (χ1n) is 15.2. The maximum absolute atomic E-state index is 10.0. The highest BCUT2D eigenvalue weighted by molar-refractivity contribution is 6.10. The summed E-state index contributed by atoms with van der Waals surface area (Å²) in [5.74, 6) is 1.57. The van der Waals surface area contributed by atoms with Crippen molar-refractivity contribution >= 4 is 21.8 Å². The van der Waals surface area contributed by atoms with E-state index in [9.17, 15) is 10.5 Å². The second-order valence-electron chi connectivity index (χ2n) is 11.2. The van der Waals surface area contributed by atoms with Crippen molar-refractivity contribution in [3.63, 3.8) is 0 Å². The van der Waals surface area contributed by atoms with Crippen molar-refractivity contribution < 1.29 is 0 Å². The van der Waals surface area contributed by atoms with Crippen molar-refractivity contribution in [2.24, 2.45) is 0 Å². The Labute approximate surface area is 271 Å². The Morgan fingerprint density at radius 3 is 1.64 bits per heavy atom. The van der Waals surface area contributed by atoms with Crippen LogP contribution in [0, 0.1) is 22.7 Å². The minimum atomic E-state index is 0.471. The summed E-state index contributed by atoms with van der Waals surface area (Å²) in [7, 11) is 0. The summed E-state index contributed by atoms with van der Waals surface area (Å²) in [4.78, 5) is 14.9. The lowest BCUT2D eigenvalue weighted by molar-refractivity contribution is 1.06. The van der Waals surface area contributed by atoms with Crippen molar-refractivity contribution in [1.82, 2.24) is 19.5 Å². The third kappa shape index (κ3) is 4.97. The molecule has 2 heterocycles. The molecule has 0 saturated heterocycles. The van der Waals surface area contributed by atoms with E-state index in [0.29, 0.717) is 34.2 Å².